The number of rotatable bonds is 0. The molecule has 0 N–H and O–H groups in total. The number of pyridine rings is 2. The molecule has 0 saturated carbocycles. The van der Waals surface area contributed by atoms with Gasteiger partial charge in [-0.15, -0.1) is 21.4 Å². The molecule has 0 aliphatic carbocycles. The van der Waals surface area contributed by atoms with Crippen molar-refractivity contribution in [3.8, 4) is 0 Å². The summed E-state index contributed by atoms with van der Waals surface area (Å²) in [4.78, 5) is 39.6. The Hall–Kier alpha value is -3.48. The minimum Gasteiger partial charge on any atom is -0.444 e. The monoisotopic (exact) mass is 444 g/mol. The van der Waals surface area contributed by atoms with Crippen LogP contribution >= 0.6 is 0 Å². The molecule has 0 saturated heterocycles. The van der Waals surface area contributed by atoms with Gasteiger partial charge in [-0.05, 0) is 24.3 Å². The first kappa shape index (κ1) is 33.2. The standard InChI is InChI=1S/2C5H5N.4HNO2.Ru/c2*1-2-4-6-5-3-1;4*2-1-3;/h2*1-5H;4*(H,2,3);/q;;;;;;+4/p-4. The second kappa shape index (κ2) is 49.9. The molecule has 2 aromatic rings. The van der Waals surface area contributed by atoms with E-state index < -0.39 is 0 Å². The summed E-state index contributed by atoms with van der Waals surface area (Å²) in [5, 5.41) is 36.0. The van der Waals surface area contributed by atoms with Crippen LogP contribution in [-0.2, 0) is 19.5 Å². The van der Waals surface area contributed by atoms with Crippen LogP contribution in [0.4, 0.5) is 0 Å². The van der Waals surface area contributed by atoms with Gasteiger partial charge >= 0.3 is 19.5 Å². The zero-order valence-corrected chi connectivity index (χ0v) is 13.8. The van der Waals surface area contributed by atoms with Crippen LogP contribution in [0.2, 0.25) is 0 Å². The summed E-state index contributed by atoms with van der Waals surface area (Å²) in [6.07, 6.45) is 7.00. The van der Waals surface area contributed by atoms with Gasteiger partial charge < -0.3 is 40.5 Å². The number of nitrogens with zero attached hydrogens (tertiary/aromatic N) is 6. The van der Waals surface area contributed by atoms with Crippen LogP contribution in [-0.4, -0.2) is 9.97 Å². The molecule has 0 atom stereocenters. The maximum atomic E-state index is 8.00. The maximum absolute atomic E-state index is 8.00. The summed E-state index contributed by atoms with van der Waals surface area (Å²) in [5.74, 6) is 0. The summed E-state index contributed by atoms with van der Waals surface area (Å²) in [6, 6.07) is 11.4. The first-order valence-corrected chi connectivity index (χ1v) is 5.16. The van der Waals surface area contributed by atoms with Gasteiger partial charge in [-0.1, -0.05) is 12.1 Å². The van der Waals surface area contributed by atoms with Crippen LogP contribution in [0.5, 0.6) is 0 Å². The zero-order chi connectivity index (χ0) is 19.3. The Labute approximate surface area is 153 Å². The largest absolute Gasteiger partial charge is 4.00 e. The molecule has 0 unspecified atom stereocenters. The van der Waals surface area contributed by atoms with Gasteiger partial charge in [-0.3, -0.25) is 9.97 Å². The molecule has 2 heterocycles. The predicted molar refractivity (Wildman–Crippen MR) is 85.1 cm³/mol. The third kappa shape index (κ3) is 96.9. The molecular weight excluding hydrogens is 433 g/mol. The van der Waals surface area contributed by atoms with E-state index in [1.807, 2.05) is 36.4 Å². The van der Waals surface area contributed by atoms with E-state index in [9.17, 15) is 0 Å². The Morgan fingerprint density at radius 2 is 0.640 bits per heavy atom. The van der Waals surface area contributed by atoms with Gasteiger partial charge in [0, 0.05) is 24.8 Å². The second-order valence-corrected chi connectivity index (χ2v) is 2.35. The molecule has 0 aliphatic heterocycles. The summed E-state index contributed by atoms with van der Waals surface area (Å²) in [7, 11) is 0. The fourth-order valence-corrected chi connectivity index (χ4v) is 0.625. The second-order valence-electron chi connectivity index (χ2n) is 2.35. The first-order valence-electron chi connectivity index (χ1n) is 5.16. The van der Waals surface area contributed by atoms with E-state index in [-0.39, 0.29) is 19.5 Å². The molecule has 14 nitrogen and oxygen atoms in total. The quantitative estimate of drug-likeness (QED) is 0.327. The van der Waals surface area contributed by atoms with Crippen LogP contribution < -0.4 is 0 Å². The fraction of sp³-hybridized carbons (Fsp3) is 0. The van der Waals surface area contributed by atoms with Crippen molar-refractivity contribution in [1.29, 1.82) is 0 Å². The topological polar surface area (TPSA) is 236 Å². The van der Waals surface area contributed by atoms with E-state index in [2.05, 4.69) is 9.97 Å². The van der Waals surface area contributed by atoms with Crippen molar-refractivity contribution < 1.29 is 19.5 Å². The van der Waals surface area contributed by atoms with Crippen molar-refractivity contribution in [1.82, 2.24) is 9.97 Å². The molecule has 0 bridgehead atoms. The third-order valence-electron chi connectivity index (χ3n) is 1.13. The summed E-state index contributed by atoms with van der Waals surface area (Å²) < 4.78 is 0. The van der Waals surface area contributed by atoms with Gasteiger partial charge in [0.05, 0.1) is 0 Å². The van der Waals surface area contributed by atoms with E-state index in [1.54, 1.807) is 24.8 Å². The smallest absolute Gasteiger partial charge is 0.444 e. The van der Waals surface area contributed by atoms with E-state index in [1.165, 1.54) is 0 Å². The van der Waals surface area contributed by atoms with Crippen molar-refractivity contribution in [2.24, 2.45) is 21.4 Å². The molecule has 0 fully saturated rings. The molecular formula is C10H10N6O8Ru. The van der Waals surface area contributed by atoms with Crippen LogP contribution in [0.15, 0.2) is 82.5 Å². The Kier molecular flexibility index (Phi) is 66.3. The van der Waals surface area contributed by atoms with Crippen molar-refractivity contribution in [2.45, 2.75) is 0 Å². The Morgan fingerprint density at radius 1 is 0.480 bits per heavy atom. The van der Waals surface area contributed by atoms with Crippen molar-refractivity contribution in [2.75, 3.05) is 0 Å². The number of aromatic nitrogens is 2. The van der Waals surface area contributed by atoms with E-state index in [4.69, 9.17) is 40.5 Å². The van der Waals surface area contributed by atoms with Gasteiger partial charge in [0.1, 0.15) is 0 Å². The molecule has 0 radical (unpaired) electrons. The summed E-state index contributed by atoms with van der Waals surface area (Å²) in [6.45, 7) is 0. The Bertz CT molecular complexity index is 347. The Morgan fingerprint density at radius 3 is 0.680 bits per heavy atom. The molecule has 15 heteroatoms. The minimum atomic E-state index is 0. The molecule has 0 spiro atoms. The van der Waals surface area contributed by atoms with E-state index in [0.29, 0.717) is 0 Å². The van der Waals surface area contributed by atoms with Crippen molar-refractivity contribution in [3.63, 3.8) is 0 Å². The molecule has 136 valence electrons. The SMILES string of the molecule is O=N[O-].O=N[O-].O=N[O-].O=N[O-].[Ru+4].c1ccncc1.c1ccncc1. The average Bonchev–Trinajstić information content (AvgIpc) is 2.61. The van der Waals surface area contributed by atoms with E-state index in [0.717, 1.165) is 21.4 Å². The Balaban J connectivity index is -0.0000000663. The predicted octanol–water partition coefficient (Wildman–Crippen LogP) is 3.16. The van der Waals surface area contributed by atoms with Gasteiger partial charge in [-0.25, -0.2) is 0 Å². The molecule has 0 amide bonds. The van der Waals surface area contributed by atoms with Crippen LogP contribution in [0, 0.1) is 40.5 Å². The average molecular weight is 443 g/mol. The minimum absolute atomic E-state index is 0. The summed E-state index contributed by atoms with van der Waals surface area (Å²) in [5.41, 5.74) is 0. The van der Waals surface area contributed by atoms with Gasteiger partial charge in [0.2, 0.25) is 0 Å². The van der Waals surface area contributed by atoms with E-state index >= 15 is 0 Å². The number of hydrogen-bond donors (Lipinski definition) is 0. The molecule has 2 aromatic heterocycles. The first-order chi connectivity index (χ1) is 11.7. The molecule has 0 aliphatic rings. The van der Waals surface area contributed by atoms with Gasteiger partial charge in [-0.2, -0.15) is 0 Å². The van der Waals surface area contributed by atoms with Crippen molar-refractivity contribution >= 4 is 0 Å². The zero-order valence-electron chi connectivity index (χ0n) is 12.1. The maximum Gasteiger partial charge on any atom is 4.00 e. The van der Waals surface area contributed by atoms with Crippen LogP contribution in [0.25, 0.3) is 0 Å². The van der Waals surface area contributed by atoms with Crippen LogP contribution in [0.1, 0.15) is 0 Å². The van der Waals surface area contributed by atoms with Crippen molar-refractivity contribution in [3.05, 3.63) is 102 Å². The fourth-order valence-electron chi connectivity index (χ4n) is 0.625. The number of hydrogen-bond acceptors (Lipinski definition) is 14. The molecule has 0 aromatic carbocycles. The van der Waals surface area contributed by atoms with Gasteiger partial charge in [0.15, 0.2) is 0 Å². The normalized spacial score (nSPS) is 5.76. The third-order valence-corrected chi connectivity index (χ3v) is 1.13. The van der Waals surface area contributed by atoms with Gasteiger partial charge in [0.25, 0.3) is 0 Å². The van der Waals surface area contributed by atoms with Crippen LogP contribution in [0.3, 0.4) is 0 Å². The molecule has 25 heavy (non-hydrogen) atoms. The summed E-state index contributed by atoms with van der Waals surface area (Å²) >= 11 is 0. The molecule has 2 rings (SSSR count).